The maximum Gasteiger partial charge on any atom is 0.133 e. The number of rotatable bonds is 7. The quantitative estimate of drug-likeness (QED) is 0.836. The molecule has 2 heterocycles. The van der Waals surface area contributed by atoms with Gasteiger partial charge in [-0.1, -0.05) is 0 Å². The third-order valence-electron chi connectivity index (χ3n) is 3.63. The molecule has 1 N–H and O–H groups in total. The lowest BCUT2D eigenvalue weighted by molar-refractivity contribution is 0.828. The highest BCUT2D eigenvalue weighted by Gasteiger charge is 2.20. The summed E-state index contributed by atoms with van der Waals surface area (Å²) in [5.41, 5.74) is 0.991. The van der Waals surface area contributed by atoms with E-state index in [2.05, 4.69) is 30.2 Å². The van der Waals surface area contributed by atoms with E-state index in [1.165, 1.54) is 12.8 Å². The predicted molar refractivity (Wildman–Crippen MR) is 82.3 cm³/mol. The molecular weight excluding hydrogens is 264 g/mol. The summed E-state index contributed by atoms with van der Waals surface area (Å²) in [6.45, 7) is 1.86. The molecule has 0 bridgehead atoms. The van der Waals surface area contributed by atoms with E-state index in [1.54, 1.807) is 24.9 Å². The molecule has 0 atom stereocenters. The van der Waals surface area contributed by atoms with Gasteiger partial charge in [0.15, 0.2) is 0 Å². The lowest BCUT2D eigenvalue weighted by atomic mass is 10.3. The largest absolute Gasteiger partial charge is 0.370 e. The van der Waals surface area contributed by atoms with Crippen LogP contribution in [0.2, 0.25) is 0 Å². The van der Waals surface area contributed by atoms with Crippen molar-refractivity contribution in [3.8, 4) is 0 Å². The minimum atomic E-state index is 0.831. The lowest BCUT2D eigenvalue weighted by Gasteiger charge is -2.18. The van der Waals surface area contributed by atoms with Crippen LogP contribution < -0.4 is 10.2 Å². The molecule has 0 radical (unpaired) electrons. The van der Waals surface area contributed by atoms with Gasteiger partial charge < -0.3 is 10.2 Å². The molecule has 1 aliphatic carbocycles. The molecule has 110 valence electrons. The van der Waals surface area contributed by atoms with Crippen LogP contribution in [0, 0.1) is 5.92 Å². The Morgan fingerprint density at radius 3 is 2.90 bits per heavy atom. The summed E-state index contributed by atoms with van der Waals surface area (Å²) in [6, 6.07) is 2.00. The molecule has 0 spiro atoms. The third kappa shape index (κ3) is 4.11. The van der Waals surface area contributed by atoms with Crippen LogP contribution >= 0.6 is 0 Å². The van der Waals surface area contributed by atoms with Crippen LogP contribution in [-0.2, 0) is 6.42 Å². The SMILES string of the molecule is CN(CCc1cnccn1)c1cc(NCC2CC2)ncn1. The fraction of sp³-hybridized carbons (Fsp3) is 0.467. The van der Waals surface area contributed by atoms with Crippen LogP contribution in [0.5, 0.6) is 0 Å². The average Bonchev–Trinajstić information content (AvgIpc) is 3.36. The Morgan fingerprint density at radius 1 is 1.24 bits per heavy atom. The van der Waals surface area contributed by atoms with E-state index in [1.807, 2.05) is 13.1 Å². The summed E-state index contributed by atoms with van der Waals surface area (Å²) in [4.78, 5) is 19.1. The minimum Gasteiger partial charge on any atom is -0.370 e. The van der Waals surface area contributed by atoms with E-state index >= 15 is 0 Å². The smallest absolute Gasteiger partial charge is 0.133 e. The Labute approximate surface area is 124 Å². The van der Waals surface area contributed by atoms with Gasteiger partial charge in [-0.15, -0.1) is 0 Å². The van der Waals surface area contributed by atoms with Crippen LogP contribution in [-0.4, -0.2) is 40.1 Å². The van der Waals surface area contributed by atoms with Crippen molar-refractivity contribution in [3.05, 3.63) is 36.7 Å². The molecule has 1 saturated carbocycles. The van der Waals surface area contributed by atoms with E-state index in [0.29, 0.717) is 0 Å². The second-order valence-electron chi connectivity index (χ2n) is 5.45. The Kier molecular flexibility index (Phi) is 4.23. The Morgan fingerprint density at radius 2 is 2.14 bits per heavy atom. The molecule has 1 fully saturated rings. The topological polar surface area (TPSA) is 66.8 Å². The summed E-state index contributed by atoms with van der Waals surface area (Å²) in [5.74, 6) is 2.66. The Hall–Kier alpha value is -2.24. The molecule has 2 aromatic heterocycles. The molecule has 21 heavy (non-hydrogen) atoms. The first-order valence-corrected chi connectivity index (χ1v) is 7.33. The van der Waals surface area contributed by atoms with Gasteiger partial charge >= 0.3 is 0 Å². The van der Waals surface area contributed by atoms with Crippen molar-refractivity contribution >= 4 is 11.6 Å². The van der Waals surface area contributed by atoms with Gasteiger partial charge in [-0.05, 0) is 18.8 Å². The monoisotopic (exact) mass is 284 g/mol. The van der Waals surface area contributed by atoms with Gasteiger partial charge in [0.25, 0.3) is 0 Å². The van der Waals surface area contributed by atoms with Crippen LogP contribution in [0.15, 0.2) is 31.0 Å². The number of likely N-dealkylation sites (N-methyl/N-ethyl adjacent to an activating group) is 1. The Balaban J connectivity index is 1.55. The molecule has 0 aliphatic heterocycles. The molecule has 0 aromatic carbocycles. The molecule has 6 heteroatoms. The minimum absolute atomic E-state index is 0.831. The van der Waals surface area contributed by atoms with Crippen LogP contribution in [0.3, 0.4) is 0 Å². The fourth-order valence-corrected chi connectivity index (χ4v) is 2.08. The van der Waals surface area contributed by atoms with Gasteiger partial charge in [0, 0.05) is 51.2 Å². The van der Waals surface area contributed by atoms with Gasteiger partial charge in [-0.25, -0.2) is 9.97 Å². The summed E-state index contributed by atoms with van der Waals surface area (Å²) >= 11 is 0. The highest BCUT2D eigenvalue weighted by Crippen LogP contribution is 2.28. The molecule has 0 saturated heterocycles. The van der Waals surface area contributed by atoms with Gasteiger partial charge in [-0.3, -0.25) is 9.97 Å². The first-order chi connectivity index (χ1) is 10.3. The second kappa shape index (κ2) is 6.47. The summed E-state index contributed by atoms with van der Waals surface area (Å²) < 4.78 is 0. The zero-order valence-electron chi connectivity index (χ0n) is 12.2. The molecular formula is C15H20N6. The first-order valence-electron chi connectivity index (χ1n) is 7.33. The van der Waals surface area contributed by atoms with Crippen LogP contribution in [0.1, 0.15) is 18.5 Å². The number of hydrogen-bond donors (Lipinski definition) is 1. The van der Waals surface area contributed by atoms with Gasteiger partial charge in [0.2, 0.25) is 0 Å². The van der Waals surface area contributed by atoms with E-state index < -0.39 is 0 Å². The molecule has 2 aromatic rings. The summed E-state index contributed by atoms with van der Waals surface area (Å²) in [6.07, 6.45) is 10.3. The number of anilines is 2. The standard InChI is InChI=1S/C15H20N6/c1-21(7-4-13-10-16-5-6-17-13)15-8-14(19-11-20-15)18-9-12-2-3-12/h5-6,8,10-12H,2-4,7,9H2,1H3,(H,18,19,20). The Bertz CT molecular complexity index is 569. The summed E-state index contributed by atoms with van der Waals surface area (Å²) in [7, 11) is 2.03. The van der Waals surface area contributed by atoms with Crippen molar-refractivity contribution < 1.29 is 0 Å². The molecule has 0 amide bonds. The summed E-state index contributed by atoms with van der Waals surface area (Å²) in [5, 5.41) is 3.38. The van der Waals surface area contributed by atoms with Crippen molar-refractivity contribution in [2.75, 3.05) is 30.4 Å². The number of aromatic nitrogens is 4. The van der Waals surface area contributed by atoms with Crippen molar-refractivity contribution in [3.63, 3.8) is 0 Å². The van der Waals surface area contributed by atoms with E-state index in [0.717, 1.165) is 42.8 Å². The maximum atomic E-state index is 4.33. The van der Waals surface area contributed by atoms with Crippen molar-refractivity contribution in [1.29, 1.82) is 0 Å². The van der Waals surface area contributed by atoms with E-state index in [4.69, 9.17) is 0 Å². The lowest BCUT2D eigenvalue weighted by Crippen LogP contribution is -2.22. The molecule has 6 nitrogen and oxygen atoms in total. The van der Waals surface area contributed by atoms with Gasteiger partial charge in [-0.2, -0.15) is 0 Å². The van der Waals surface area contributed by atoms with Crippen LogP contribution in [0.25, 0.3) is 0 Å². The fourth-order valence-electron chi connectivity index (χ4n) is 2.08. The highest BCUT2D eigenvalue weighted by molar-refractivity contribution is 5.48. The van der Waals surface area contributed by atoms with E-state index in [-0.39, 0.29) is 0 Å². The van der Waals surface area contributed by atoms with E-state index in [9.17, 15) is 0 Å². The first kappa shape index (κ1) is 13.7. The van der Waals surface area contributed by atoms with Crippen molar-refractivity contribution in [2.45, 2.75) is 19.3 Å². The predicted octanol–water partition coefficient (Wildman–Crippen LogP) is 1.77. The second-order valence-corrected chi connectivity index (χ2v) is 5.45. The van der Waals surface area contributed by atoms with Gasteiger partial charge in [0.1, 0.15) is 18.0 Å². The van der Waals surface area contributed by atoms with Crippen molar-refractivity contribution in [2.24, 2.45) is 5.92 Å². The average molecular weight is 284 g/mol. The maximum absolute atomic E-state index is 4.33. The normalized spacial score (nSPS) is 14.0. The number of nitrogens with one attached hydrogen (secondary N) is 1. The van der Waals surface area contributed by atoms with Gasteiger partial charge in [0.05, 0.1) is 5.69 Å². The number of nitrogens with zero attached hydrogens (tertiary/aromatic N) is 5. The van der Waals surface area contributed by atoms with Crippen molar-refractivity contribution in [1.82, 2.24) is 19.9 Å². The number of hydrogen-bond acceptors (Lipinski definition) is 6. The highest BCUT2D eigenvalue weighted by atomic mass is 15.2. The molecule has 1 aliphatic rings. The molecule has 0 unspecified atom stereocenters. The third-order valence-corrected chi connectivity index (χ3v) is 3.63. The zero-order chi connectivity index (χ0) is 14.5. The molecule has 3 rings (SSSR count). The van der Waals surface area contributed by atoms with Crippen LogP contribution in [0.4, 0.5) is 11.6 Å². The zero-order valence-corrected chi connectivity index (χ0v) is 12.2.